The fourth-order valence-corrected chi connectivity index (χ4v) is 1.82. The molecular formula is C9H17NO2. The Morgan fingerprint density at radius 1 is 1.67 bits per heavy atom. The van der Waals surface area contributed by atoms with Gasteiger partial charge in [0.2, 0.25) is 0 Å². The minimum absolute atomic E-state index is 0.0611. The molecule has 70 valence electrons. The Bertz CT molecular complexity index is 159. The van der Waals surface area contributed by atoms with Crippen molar-refractivity contribution in [3.63, 3.8) is 0 Å². The quantitative estimate of drug-likeness (QED) is 0.628. The van der Waals surface area contributed by atoms with Crippen LogP contribution in [-0.4, -0.2) is 25.7 Å². The van der Waals surface area contributed by atoms with Gasteiger partial charge in [-0.15, -0.1) is 0 Å². The van der Waals surface area contributed by atoms with Gasteiger partial charge in [0.1, 0.15) is 0 Å². The van der Waals surface area contributed by atoms with Crippen LogP contribution in [0.25, 0.3) is 0 Å². The first-order chi connectivity index (χ1) is 5.79. The van der Waals surface area contributed by atoms with E-state index in [4.69, 9.17) is 4.74 Å². The molecule has 0 aliphatic carbocycles. The number of hydrogen-bond acceptors (Lipinski definition) is 3. The smallest absolute Gasteiger partial charge is 0.310 e. The Balaban J connectivity index is 2.52. The summed E-state index contributed by atoms with van der Waals surface area (Å²) in [5, 5.41) is 3.33. The van der Waals surface area contributed by atoms with Crippen LogP contribution in [-0.2, 0) is 9.53 Å². The lowest BCUT2D eigenvalue weighted by Crippen LogP contribution is -2.44. The number of ether oxygens (including phenoxy) is 1. The number of methoxy groups -OCH3 is 1. The molecule has 0 aromatic carbocycles. The van der Waals surface area contributed by atoms with E-state index in [1.807, 2.05) is 0 Å². The molecule has 1 heterocycles. The fourth-order valence-electron chi connectivity index (χ4n) is 1.82. The van der Waals surface area contributed by atoms with Gasteiger partial charge in [0, 0.05) is 6.04 Å². The number of rotatable bonds is 2. The maximum atomic E-state index is 11.3. The summed E-state index contributed by atoms with van der Waals surface area (Å²) in [6, 6.07) is 0.325. The Morgan fingerprint density at radius 2 is 2.42 bits per heavy atom. The predicted molar refractivity (Wildman–Crippen MR) is 46.8 cm³/mol. The van der Waals surface area contributed by atoms with E-state index in [9.17, 15) is 4.79 Å². The first-order valence-corrected chi connectivity index (χ1v) is 4.60. The normalized spacial score (nSPS) is 29.8. The minimum Gasteiger partial charge on any atom is -0.469 e. The number of carbonyl (C=O) groups is 1. The van der Waals surface area contributed by atoms with Crippen LogP contribution in [0.1, 0.15) is 26.2 Å². The summed E-state index contributed by atoms with van der Waals surface area (Å²) in [6.07, 6.45) is 3.05. The molecule has 0 radical (unpaired) electrons. The van der Waals surface area contributed by atoms with E-state index < -0.39 is 0 Å². The van der Waals surface area contributed by atoms with Gasteiger partial charge in [-0.1, -0.05) is 6.92 Å². The molecule has 0 bridgehead atoms. The van der Waals surface area contributed by atoms with E-state index in [1.54, 1.807) is 0 Å². The Kier molecular flexibility index (Phi) is 3.53. The number of hydrogen-bond donors (Lipinski definition) is 1. The highest BCUT2D eigenvalue weighted by Gasteiger charge is 2.29. The van der Waals surface area contributed by atoms with Crippen molar-refractivity contribution in [1.82, 2.24) is 5.32 Å². The minimum atomic E-state index is -0.0611. The Morgan fingerprint density at radius 3 is 3.00 bits per heavy atom. The molecule has 1 rings (SSSR count). The van der Waals surface area contributed by atoms with Gasteiger partial charge in [-0.3, -0.25) is 4.79 Å². The van der Waals surface area contributed by atoms with Gasteiger partial charge in [-0.2, -0.15) is 0 Å². The molecule has 3 nitrogen and oxygen atoms in total. The molecule has 1 aliphatic rings. The SMILES string of the molecule is CCC1NCCCC1C(=O)OC. The summed E-state index contributed by atoms with van der Waals surface area (Å²) in [5.74, 6) is 0.0165. The molecule has 1 aliphatic heterocycles. The average Bonchev–Trinajstić information content (AvgIpc) is 2.16. The maximum Gasteiger partial charge on any atom is 0.310 e. The monoisotopic (exact) mass is 171 g/mol. The van der Waals surface area contributed by atoms with Crippen LogP contribution in [0, 0.1) is 5.92 Å². The molecule has 0 spiro atoms. The van der Waals surface area contributed by atoms with Crippen molar-refractivity contribution in [2.24, 2.45) is 5.92 Å². The van der Waals surface area contributed by atoms with Crippen LogP contribution in [0.3, 0.4) is 0 Å². The Hall–Kier alpha value is -0.570. The van der Waals surface area contributed by atoms with E-state index in [-0.39, 0.29) is 11.9 Å². The van der Waals surface area contributed by atoms with Gasteiger partial charge < -0.3 is 10.1 Å². The third kappa shape index (κ3) is 1.97. The molecule has 2 unspecified atom stereocenters. The fraction of sp³-hybridized carbons (Fsp3) is 0.889. The van der Waals surface area contributed by atoms with Crippen molar-refractivity contribution in [3.8, 4) is 0 Å². The lowest BCUT2D eigenvalue weighted by Gasteiger charge is -2.29. The summed E-state index contributed by atoms with van der Waals surface area (Å²) in [4.78, 5) is 11.3. The molecular weight excluding hydrogens is 154 g/mol. The van der Waals surface area contributed by atoms with Crippen molar-refractivity contribution in [2.45, 2.75) is 32.2 Å². The van der Waals surface area contributed by atoms with Crippen molar-refractivity contribution in [2.75, 3.05) is 13.7 Å². The van der Waals surface area contributed by atoms with E-state index in [0.29, 0.717) is 6.04 Å². The van der Waals surface area contributed by atoms with Crippen LogP contribution in [0.2, 0.25) is 0 Å². The first-order valence-electron chi connectivity index (χ1n) is 4.60. The highest BCUT2D eigenvalue weighted by molar-refractivity contribution is 5.73. The van der Waals surface area contributed by atoms with Crippen molar-refractivity contribution < 1.29 is 9.53 Å². The largest absolute Gasteiger partial charge is 0.469 e. The molecule has 0 amide bonds. The lowest BCUT2D eigenvalue weighted by molar-refractivity contribution is -0.147. The van der Waals surface area contributed by atoms with Crippen LogP contribution < -0.4 is 5.32 Å². The summed E-state index contributed by atoms with van der Waals surface area (Å²) >= 11 is 0. The van der Waals surface area contributed by atoms with Crippen LogP contribution in [0.4, 0.5) is 0 Å². The molecule has 0 saturated carbocycles. The van der Waals surface area contributed by atoms with E-state index in [0.717, 1.165) is 25.8 Å². The number of piperidine rings is 1. The number of esters is 1. The standard InChI is InChI=1S/C9H17NO2/c1-3-8-7(9(11)12-2)5-4-6-10-8/h7-8,10H,3-6H2,1-2H3. The Labute approximate surface area is 73.5 Å². The molecule has 1 N–H and O–H groups in total. The maximum absolute atomic E-state index is 11.3. The summed E-state index contributed by atoms with van der Waals surface area (Å²) in [6.45, 7) is 3.13. The number of nitrogens with one attached hydrogen (secondary N) is 1. The lowest BCUT2D eigenvalue weighted by atomic mass is 9.89. The van der Waals surface area contributed by atoms with Crippen molar-refractivity contribution in [1.29, 1.82) is 0 Å². The molecule has 0 aromatic heterocycles. The molecule has 3 heteroatoms. The van der Waals surface area contributed by atoms with E-state index in [2.05, 4.69) is 12.2 Å². The first kappa shape index (κ1) is 9.52. The summed E-state index contributed by atoms with van der Waals surface area (Å²) in [5.41, 5.74) is 0. The highest BCUT2D eigenvalue weighted by atomic mass is 16.5. The van der Waals surface area contributed by atoms with Gasteiger partial charge in [0.15, 0.2) is 0 Å². The van der Waals surface area contributed by atoms with Crippen LogP contribution >= 0.6 is 0 Å². The van der Waals surface area contributed by atoms with Gasteiger partial charge in [-0.05, 0) is 25.8 Å². The second-order valence-corrected chi connectivity index (χ2v) is 3.24. The van der Waals surface area contributed by atoms with Gasteiger partial charge in [0.05, 0.1) is 13.0 Å². The molecule has 12 heavy (non-hydrogen) atoms. The van der Waals surface area contributed by atoms with Crippen LogP contribution in [0.15, 0.2) is 0 Å². The zero-order valence-corrected chi connectivity index (χ0v) is 7.80. The molecule has 1 fully saturated rings. The predicted octanol–water partition coefficient (Wildman–Crippen LogP) is 0.938. The highest BCUT2D eigenvalue weighted by Crippen LogP contribution is 2.19. The van der Waals surface area contributed by atoms with E-state index in [1.165, 1.54) is 7.11 Å². The van der Waals surface area contributed by atoms with Gasteiger partial charge in [0.25, 0.3) is 0 Å². The third-order valence-corrected chi connectivity index (χ3v) is 2.53. The third-order valence-electron chi connectivity index (χ3n) is 2.53. The topological polar surface area (TPSA) is 38.3 Å². The second kappa shape index (κ2) is 4.45. The van der Waals surface area contributed by atoms with Crippen LogP contribution in [0.5, 0.6) is 0 Å². The average molecular weight is 171 g/mol. The zero-order chi connectivity index (χ0) is 8.97. The van der Waals surface area contributed by atoms with Crippen molar-refractivity contribution in [3.05, 3.63) is 0 Å². The zero-order valence-electron chi connectivity index (χ0n) is 7.80. The second-order valence-electron chi connectivity index (χ2n) is 3.24. The molecule has 1 saturated heterocycles. The molecule has 2 atom stereocenters. The van der Waals surface area contributed by atoms with Gasteiger partial charge >= 0.3 is 5.97 Å². The van der Waals surface area contributed by atoms with E-state index >= 15 is 0 Å². The molecule has 0 aromatic rings. The van der Waals surface area contributed by atoms with Gasteiger partial charge in [-0.25, -0.2) is 0 Å². The summed E-state index contributed by atoms with van der Waals surface area (Å²) in [7, 11) is 1.46. The van der Waals surface area contributed by atoms with Crippen molar-refractivity contribution >= 4 is 5.97 Å². The summed E-state index contributed by atoms with van der Waals surface area (Å²) < 4.78 is 4.74. The number of carbonyl (C=O) groups excluding carboxylic acids is 1.